The quantitative estimate of drug-likeness (QED) is 0.825. The molecule has 0 atom stereocenters. The van der Waals surface area contributed by atoms with E-state index in [4.69, 9.17) is 5.11 Å². The molecule has 0 unspecified atom stereocenters. The molecule has 0 saturated heterocycles. The summed E-state index contributed by atoms with van der Waals surface area (Å²) in [5.41, 5.74) is 3.47. The molecule has 2 rings (SSSR count). The average molecular weight is 218 g/mol. The van der Waals surface area contributed by atoms with E-state index < -0.39 is 0 Å². The van der Waals surface area contributed by atoms with Gasteiger partial charge in [0.2, 0.25) is 0 Å². The fourth-order valence-electron chi connectivity index (χ4n) is 2.72. The second kappa shape index (κ2) is 3.89. The number of rotatable bonds is 3. The van der Waals surface area contributed by atoms with E-state index in [1.807, 2.05) is 0 Å². The first-order chi connectivity index (χ1) is 7.49. The Morgan fingerprint density at radius 1 is 1.12 bits per heavy atom. The van der Waals surface area contributed by atoms with E-state index in [0.29, 0.717) is 10.8 Å². The lowest BCUT2D eigenvalue weighted by atomic mass is 9.73. The van der Waals surface area contributed by atoms with Gasteiger partial charge in [0.25, 0.3) is 0 Å². The fourth-order valence-corrected chi connectivity index (χ4v) is 2.72. The summed E-state index contributed by atoms with van der Waals surface area (Å²) in [6.07, 6.45) is 3.40. The van der Waals surface area contributed by atoms with Gasteiger partial charge in [-0.2, -0.15) is 0 Å². The van der Waals surface area contributed by atoms with Gasteiger partial charge in [0.15, 0.2) is 0 Å². The molecule has 88 valence electrons. The van der Waals surface area contributed by atoms with Gasteiger partial charge in [-0.05, 0) is 35.8 Å². The molecular formula is C15H22O. The summed E-state index contributed by atoms with van der Waals surface area (Å²) >= 11 is 0. The first-order valence-electron chi connectivity index (χ1n) is 6.20. The maximum Gasteiger partial charge on any atom is 0.0471 e. The van der Waals surface area contributed by atoms with Gasteiger partial charge in [-0.25, -0.2) is 0 Å². The minimum atomic E-state index is 0.240. The van der Waals surface area contributed by atoms with E-state index >= 15 is 0 Å². The van der Waals surface area contributed by atoms with Crippen LogP contribution in [0.4, 0.5) is 0 Å². The van der Waals surface area contributed by atoms with Crippen molar-refractivity contribution in [3.05, 3.63) is 35.4 Å². The van der Waals surface area contributed by atoms with Gasteiger partial charge in [-0.3, -0.25) is 0 Å². The molecule has 1 nitrogen and oxygen atoms in total. The van der Waals surface area contributed by atoms with Crippen LogP contribution in [0.1, 0.15) is 44.7 Å². The summed E-state index contributed by atoms with van der Waals surface area (Å²) in [6, 6.07) is 8.83. The van der Waals surface area contributed by atoms with Gasteiger partial charge in [0.1, 0.15) is 0 Å². The average Bonchev–Trinajstić information content (AvgIpc) is 2.99. The summed E-state index contributed by atoms with van der Waals surface area (Å²) in [7, 11) is 0. The zero-order chi connectivity index (χ0) is 11.8. The molecule has 1 aliphatic carbocycles. The maximum atomic E-state index is 8.89. The molecule has 1 aliphatic rings. The van der Waals surface area contributed by atoms with Gasteiger partial charge in [0, 0.05) is 12.0 Å². The number of aliphatic hydroxyl groups is 1. The van der Waals surface area contributed by atoms with Crippen molar-refractivity contribution >= 4 is 0 Å². The Morgan fingerprint density at radius 3 is 2.06 bits per heavy atom. The first kappa shape index (κ1) is 11.7. The fraction of sp³-hybridized carbons (Fsp3) is 0.600. The van der Waals surface area contributed by atoms with Crippen LogP contribution >= 0.6 is 0 Å². The summed E-state index contributed by atoms with van der Waals surface area (Å²) in [5.74, 6) is 0. The molecule has 1 aromatic rings. The van der Waals surface area contributed by atoms with Crippen LogP contribution in [0.25, 0.3) is 0 Å². The highest BCUT2D eigenvalue weighted by Gasteiger charge is 2.52. The van der Waals surface area contributed by atoms with E-state index in [-0.39, 0.29) is 6.61 Å². The van der Waals surface area contributed by atoms with E-state index in [0.717, 1.165) is 6.42 Å². The minimum Gasteiger partial charge on any atom is -0.396 e. The smallest absolute Gasteiger partial charge is 0.0471 e. The molecule has 16 heavy (non-hydrogen) atoms. The largest absolute Gasteiger partial charge is 0.396 e. The molecular weight excluding hydrogens is 196 g/mol. The van der Waals surface area contributed by atoms with E-state index in [1.165, 1.54) is 24.0 Å². The zero-order valence-corrected chi connectivity index (χ0v) is 10.6. The first-order valence-corrected chi connectivity index (χ1v) is 6.20. The molecule has 0 amide bonds. The third-order valence-electron chi connectivity index (χ3n) is 4.09. The molecule has 0 aromatic heterocycles. The topological polar surface area (TPSA) is 20.2 Å². The van der Waals surface area contributed by atoms with E-state index in [2.05, 4.69) is 45.0 Å². The molecule has 1 fully saturated rings. The highest BCUT2D eigenvalue weighted by molar-refractivity contribution is 5.36. The molecule has 1 N–H and O–H groups in total. The molecule has 0 heterocycles. The number of hydrogen-bond donors (Lipinski definition) is 1. The van der Waals surface area contributed by atoms with Crippen LogP contribution in [0.15, 0.2) is 24.3 Å². The van der Waals surface area contributed by atoms with Gasteiger partial charge in [-0.1, -0.05) is 45.0 Å². The Balaban J connectivity index is 2.22. The maximum absolute atomic E-state index is 8.89. The Labute approximate surface area is 98.5 Å². The molecule has 0 radical (unpaired) electrons. The number of aliphatic hydroxyl groups excluding tert-OH is 1. The van der Waals surface area contributed by atoms with Gasteiger partial charge >= 0.3 is 0 Å². The highest BCUT2D eigenvalue weighted by atomic mass is 16.2. The van der Waals surface area contributed by atoms with Crippen LogP contribution in [0.5, 0.6) is 0 Å². The van der Waals surface area contributed by atoms with Crippen molar-refractivity contribution in [2.45, 2.75) is 45.4 Å². The predicted octanol–water partition coefficient (Wildman–Crippen LogP) is 3.30. The van der Waals surface area contributed by atoms with Crippen molar-refractivity contribution in [1.29, 1.82) is 0 Å². The molecule has 0 bridgehead atoms. The SMILES string of the molecule is CC(C)(C)C1(c2ccc(CCO)cc2)CC1. The number of hydrogen-bond acceptors (Lipinski definition) is 1. The molecule has 1 heteroatoms. The normalized spacial score (nSPS) is 18.5. The van der Waals surface area contributed by atoms with Crippen LogP contribution in [0.2, 0.25) is 0 Å². The Kier molecular flexibility index (Phi) is 2.83. The highest BCUT2D eigenvalue weighted by Crippen LogP contribution is 2.59. The standard InChI is InChI=1S/C15H22O/c1-14(2,3)15(9-10-15)13-6-4-12(5-7-13)8-11-16/h4-7,16H,8-11H2,1-3H3. The van der Waals surface area contributed by atoms with E-state index in [9.17, 15) is 0 Å². The van der Waals surface area contributed by atoms with Crippen LogP contribution in [-0.4, -0.2) is 11.7 Å². The van der Waals surface area contributed by atoms with Crippen molar-refractivity contribution in [3.8, 4) is 0 Å². The van der Waals surface area contributed by atoms with Crippen LogP contribution in [0, 0.1) is 5.41 Å². The third kappa shape index (κ3) is 1.89. The van der Waals surface area contributed by atoms with Crippen LogP contribution in [-0.2, 0) is 11.8 Å². The second-order valence-corrected chi connectivity index (χ2v) is 6.00. The van der Waals surface area contributed by atoms with E-state index in [1.54, 1.807) is 0 Å². The van der Waals surface area contributed by atoms with Crippen LogP contribution < -0.4 is 0 Å². The second-order valence-electron chi connectivity index (χ2n) is 6.00. The van der Waals surface area contributed by atoms with Gasteiger partial charge in [-0.15, -0.1) is 0 Å². The Hall–Kier alpha value is -0.820. The van der Waals surface area contributed by atoms with Crippen molar-refractivity contribution < 1.29 is 5.11 Å². The monoisotopic (exact) mass is 218 g/mol. The predicted molar refractivity (Wildman–Crippen MR) is 67.6 cm³/mol. The van der Waals surface area contributed by atoms with Gasteiger partial charge in [0.05, 0.1) is 0 Å². The Bertz CT molecular complexity index is 352. The lowest BCUT2D eigenvalue weighted by Gasteiger charge is -2.31. The lowest BCUT2D eigenvalue weighted by Crippen LogP contribution is -2.26. The van der Waals surface area contributed by atoms with Gasteiger partial charge < -0.3 is 5.11 Å². The molecule has 0 aliphatic heterocycles. The van der Waals surface area contributed by atoms with Crippen molar-refractivity contribution in [2.24, 2.45) is 5.41 Å². The lowest BCUT2D eigenvalue weighted by molar-refractivity contribution is 0.297. The van der Waals surface area contributed by atoms with Crippen LogP contribution in [0.3, 0.4) is 0 Å². The van der Waals surface area contributed by atoms with Crippen molar-refractivity contribution in [2.75, 3.05) is 6.61 Å². The molecule has 1 saturated carbocycles. The summed E-state index contributed by atoms with van der Waals surface area (Å²) < 4.78 is 0. The third-order valence-corrected chi connectivity index (χ3v) is 4.09. The van der Waals surface area contributed by atoms with Crippen molar-refractivity contribution in [1.82, 2.24) is 0 Å². The summed E-state index contributed by atoms with van der Waals surface area (Å²) in [4.78, 5) is 0. The Morgan fingerprint density at radius 2 is 1.69 bits per heavy atom. The number of benzene rings is 1. The zero-order valence-electron chi connectivity index (χ0n) is 10.6. The molecule has 1 aromatic carbocycles. The summed E-state index contributed by atoms with van der Waals surface area (Å²) in [5, 5.41) is 8.89. The van der Waals surface area contributed by atoms with Crippen molar-refractivity contribution in [3.63, 3.8) is 0 Å². The summed E-state index contributed by atoms with van der Waals surface area (Å²) in [6.45, 7) is 7.24. The minimum absolute atomic E-state index is 0.240. The molecule has 0 spiro atoms.